The Bertz CT molecular complexity index is 636. The van der Waals surface area contributed by atoms with E-state index < -0.39 is 0 Å². The fraction of sp³-hybridized carbons (Fsp3) is 0.176. The molecule has 3 nitrogen and oxygen atoms in total. The van der Waals surface area contributed by atoms with Gasteiger partial charge in [-0.05, 0) is 48.4 Å². The van der Waals surface area contributed by atoms with E-state index in [1.54, 1.807) is 36.2 Å². The van der Waals surface area contributed by atoms with Crippen molar-refractivity contribution in [3.63, 3.8) is 0 Å². The summed E-state index contributed by atoms with van der Waals surface area (Å²) in [6.07, 6.45) is 0.980. The van der Waals surface area contributed by atoms with Crippen molar-refractivity contribution in [2.75, 3.05) is 11.9 Å². The number of hydrogen-bond donors (Lipinski definition) is 0. The standard InChI is InChI=1S/C17H16N2O/c1-3-13-6-10-16(11-7-13)19(2)17(20)15-8-4-14(12-18)5-9-15/h4-11H,3H2,1-2H3. The molecule has 0 spiro atoms. The Labute approximate surface area is 119 Å². The Morgan fingerprint density at radius 1 is 1.10 bits per heavy atom. The molecule has 0 aliphatic heterocycles. The molecule has 20 heavy (non-hydrogen) atoms. The maximum absolute atomic E-state index is 12.3. The Morgan fingerprint density at radius 3 is 2.20 bits per heavy atom. The van der Waals surface area contributed by atoms with Crippen LogP contribution in [0.5, 0.6) is 0 Å². The number of carbonyl (C=O) groups excluding carboxylic acids is 1. The molecule has 0 fully saturated rings. The van der Waals surface area contributed by atoms with Crippen LogP contribution in [0.4, 0.5) is 5.69 Å². The summed E-state index contributed by atoms with van der Waals surface area (Å²) in [4.78, 5) is 14.0. The van der Waals surface area contributed by atoms with Gasteiger partial charge in [0.05, 0.1) is 11.6 Å². The molecule has 0 N–H and O–H groups in total. The molecular weight excluding hydrogens is 248 g/mol. The summed E-state index contributed by atoms with van der Waals surface area (Å²) in [6.45, 7) is 2.10. The van der Waals surface area contributed by atoms with Gasteiger partial charge in [0, 0.05) is 18.3 Å². The number of rotatable bonds is 3. The van der Waals surface area contributed by atoms with Crippen molar-refractivity contribution in [3.05, 3.63) is 65.2 Å². The van der Waals surface area contributed by atoms with Crippen LogP contribution >= 0.6 is 0 Å². The summed E-state index contributed by atoms with van der Waals surface area (Å²) in [6, 6.07) is 16.6. The predicted molar refractivity (Wildman–Crippen MR) is 79.7 cm³/mol. The second-order valence-electron chi connectivity index (χ2n) is 4.57. The van der Waals surface area contributed by atoms with Crippen molar-refractivity contribution in [2.45, 2.75) is 13.3 Å². The fourth-order valence-electron chi connectivity index (χ4n) is 1.95. The maximum Gasteiger partial charge on any atom is 0.258 e. The third-order valence-electron chi connectivity index (χ3n) is 3.30. The topological polar surface area (TPSA) is 44.1 Å². The highest BCUT2D eigenvalue weighted by Gasteiger charge is 2.13. The third kappa shape index (κ3) is 2.86. The Morgan fingerprint density at radius 2 is 1.70 bits per heavy atom. The SMILES string of the molecule is CCc1ccc(N(C)C(=O)c2ccc(C#N)cc2)cc1. The lowest BCUT2D eigenvalue weighted by atomic mass is 10.1. The molecule has 0 aromatic heterocycles. The number of aryl methyl sites for hydroxylation is 1. The van der Waals surface area contributed by atoms with Gasteiger partial charge in [0.1, 0.15) is 0 Å². The van der Waals surface area contributed by atoms with E-state index >= 15 is 0 Å². The van der Waals surface area contributed by atoms with Crippen molar-refractivity contribution in [1.29, 1.82) is 5.26 Å². The first kappa shape index (κ1) is 13.8. The highest BCUT2D eigenvalue weighted by Crippen LogP contribution is 2.17. The van der Waals surface area contributed by atoms with E-state index in [2.05, 4.69) is 6.92 Å². The van der Waals surface area contributed by atoms with Gasteiger partial charge in [-0.15, -0.1) is 0 Å². The van der Waals surface area contributed by atoms with Gasteiger partial charge < -0.3 is 4.90 Å². The third-order valence-corrected chi connectivity index (χ3v) is 3.30. The highest BCUT2D eigenvalue weighted by atomic mass is 16.2. The van der Waals surface area contributed by atoms with Gasteiger partial charge in [0.2, 0.25) is 0 Å². The van der Waals surface area contributed by atoms with Crippen molar-refractivity contribution >= 4 is 11.6 Å². The van der Waals surface area contributed by atoms with E-state index in [-0.39, 0.29) is 5.91 Å². The number of nitriles is 1. The maximum atomic E-state index is 12.3. The van der Waals surface area contributed by atoms with E-state index in [1.165, 1.54) is 5.56 Å². The zero-order valence-electron chi connectivity index (χ0n) is 11.6. The fourth-order valence-corrected chi connectivity index (χ4v) is 1.95. The number of carbonyl (C=O) groups is 1. The molecule has 0 saturated carbocycles. The number of anilines is 1. The lowest BCUT2D eigenvalue weighted by molar-refractivity contribution is 0.0993. The molecule has 0 bridgehead atoms. The zero-order chi connectivity index (χ0) is 14.5. The van der Waals surface area contributed by atoms with Crippen LogP contribution in [-0.2, 0) is 6.42 Å². The Balaban J connectivity index is 2.20. The molecule has 3 heteroatoms. The summed E-state index contributed by atoms with van der Waals surface area (Å²) in [7, 11) is 1.75. The van der Waals surface area contributed by atoms with Crippen LogP contribution in [0.1, 0.15) is 28.4 Å². The van der Waals surface area contributed by atoms with Crippen LogP contribution < -0.4 is 4.90 Å². The summed E-state index contributed by atoms with van der Waals surface area (Å²) in [5.74, 6) is -0.0845. The van der Waals surface area contributed by atoms with Crippen LogP contribution in [-0.4, -0.2) is 13.0 Å². The van der Waals surface area contributed by atoms with Gasteiger partial charge in [-0.25, -0.2) is 0 Å². The van der Waals surface area contributed by atoms with Gasteiger partial charge in [-0.3, -0.25) is 4.79 Å². The van der Waals surface area contributed by atoms with Crippen molar-refractivity contribution < 1.29 is 4.79 Å². The first-order chi connectivity index (χ1) is 9.65. The van der Waals surface area contributed by atoms with Crippen LogP contribution in [0, 0.1) is 11.3 Å². The molecular formula is C17H16N2O. The molecule has 0 unspecified atom stereocenters. The van der Waals surface area contributed by atoms with E-state index in [0.29, 0.717) is 11.1 Å². The van der Waals surface area contributed by atoms with Crippen LogP contribution in [0.3, 0.4) is 0 Å². The minimum atomic E-state index is -0.0845. The molecule has 0 heterocycles. The lowest BCUT2D eigenvalue weighted by Crippen LogP contribution is -2.26. The molecule has 0 radical (unpaired) electrons. The lowest BCUT2D eigenvalue weighted by Gasteiger charge is -2.17. The summed E-state index contributed by atoms with van der Waals surface area (Å²) in [5.41, 5.74) is 3.23. The molecule has 100 valence electrons. The molecule has 0 atom stereocenters. The minimum absolute atomic E-state index is 0.0845. The number of nitrogens with zero attached hydrogens (tertiary/aromatic N) is 2. The normalized spacial score (nSPS) is 9.85. The molecule has 0 saturated heterocycles. The Kier molecular flexibility index (Phi) is 4.17. The first-order valence-corrected chi connectivity index (χ1v) is 6.53. The summed E-state index contributed by atoms with van der Waals surface area (Å²) >= 11 is 0. The first-order valence-electron chi connectivity index (χ1n) is 6.53. The smallest absolute Gasteiger partial charge is 0.258 e. The quantitative estimate of drug-likeness (QED) is 0.852. The van der Waals surface area contributed by atoms with Crippen LogP contribution in [0.15, 0.2) is 48.5 Å². The minimum Gasteiger partial charge on any atom is -0.311 e. The average molecular weight is 264 g/mol. The monoisotopic (exact) mass is 264 g/mol. The second-order valence-corrected chi connectivity index (χ2v) is 4.57. The van der Waals surface area contributed by atoms with Crippen LogP contribution in [0.25, 0.3) is 0 Å². The Hall–Kier alpha value is -2.60. The largest absolute Gasteiger partial charge is 0.311 e. The molecule has 2 aromatic rings. The van der Waals surface area contributed by atoms with Gasteiger partial charge in [-0.2, -0.15) is 5.26 Å². The average Bonchev–Trinajstić information content (AvgIpc) is 2.53. The van der Waals surface area contributed by atoms with Gasteiger partial charge >= 0.3 is 0 Å². The van der Waals surface area contributed by atoms with E-state index in [0.717, 1.165) is 12.1 Å². The molecule has 1 amide bonds. The second kappa shape index (κ2) is 6.03. The highest BCUT2D eigenvalue weighted by molar-refractivity contribution is 6.05. The van der Waals surface area contributed by atoms with Crippen molar-refractivity contribution in [2.24, 2.45) is 0 Å². The zero-order valence-corrected chi connectivity index (χ0v) is 11.6. The van der Waals surface area contributed by atoms with E-state index in [1.807, 2.05) is 30.3 Å². The number of benzene rings is 2. The van der Waals surface area contributed by atoms with Gasteiger partial charge in [-0.1, -0.05) is 19.1 Å². The van der Waals surface area contributed by atoms with Crippen molar-refractivity contribution in [3.8, 4) is 6.07 Å². The van der Waals surface area contributed by atoms with E-state index in [4.69, 9.17) is 5.26 Å². The summed E-state index contributed by atoms with van der Waals surface area (Å²) < 4.78 is 0. The van der Waals surface area contributed by atoms with Crippen molar-refractivity contribution in [1.82, 2.24) is 0 Å². The van der Waals surface area contributed by atoms with Gasteiger partial charge in [0.15, 0.2) is 0 Å². The number of hydrogen-bond acceptors (Lipinski definition) is 2. The predicted octanol–water partition coefficient (Wildman–Crippen LogP) is 3.40. The molecule has 2 rings (SSSR count). The van der Waals surface area contributed by atoms with Crippen LogP contribution in [0.2, 0.25) is 0 Å². The van der Waals surface area contributed by atoms with E-state index in [9.17, 15) is 4.79 Å². The number of amides is 1. The van der Waals surface area contributed by atoms with Gasteiger partial charge in [0.25, 0.3) is 5.91 Å². The molecule has 0 aliphatic carbocycles. The molecule has 0 aliphatic rings. The molecule has 2 aromatic carbocycles. The summed E-state index contributed by atoms with van der Waals surface area (Å²) in [5, 5.41) is 8.76.